The molecular formula is C17H15BrO2. The molecule has 1 N–H and O–H groups in total. The maximum Gasteiger partial charge on any atom is 0.315 e. The number of aliphatic carboxylic acids is 1. The fraction of sp³-hybridized carbons (Fsp3) is 0.235. The number of halogens is 1. The smallest absolute Gasteiger partial charge is 0.315 e. The predicted molar refractivity (Wildman–Crippen MR) is 83.5 cm³/mol. The Balaban J connectivity index is 2.19. The number of fused-ring (bicyclic) bond motifs is 3. The molecule has 2 aromatic rings. The summed E-state index contributed by atoms with van der Waals surface area (Å²) in [6.07, 6.45) is 1.92. The van der Waals surface area contributed by atoms with E-state index in [-0.39, 0.29) is 0 Å². The van der Waals surface area contributed by atoms with Gasteiger partial charge in [-0.1, -0.05) is 58.4 Å². The Morgan fingerprint density at radius 3 is 2.60 bits per heavy atom. The fourth-order valence-corrected chi connectivity index (χ4v) is 3.35. The van der Waals surface area contributed by atoms with Crippen molar-refractivity contribution in [3.8, 4) is 11.1 Å². The number of aryl methyl sites for hydroxylation is 1. The summed E-state index contributed by atoms with van der Waals surface area (Å²) >= 11 is 3.44. The van der Waals surface area contributed by atoms with Gasteiger partial charge in [0.2, 0.25) is 0 Å². The third-order valence-electron chi connectivity index (χ3n) is 3.87. The van der Waals surface area contributed by atoms with Gasteiger partial charge in [-0.2, -0.15) is 0 Å². The molecule has 1 unspecified atom stereocenters. The number of hydrogen-bond donors (Lipinski definition) is 1. The molecule has 0 bridgehead atoms. The van der Waals surface area contributed by atoms with Crippen LogP contribution in [0.25, 0.3) is 11.1 Å². The van der Waals surface area contributed by atoms with E-state index >= 15 is 0 Å². The van der Waals surface area contributed by atoms with Crippen molar-refractivity contribution >= 4 is 21.9 Å². The van der Waals surface area contributed by atoms with Crippen LogP contribution in [0.1, 0.15) is 29.0 Å². The zero-order valence-corrected chi connectivity index (χ0v) is 12.6. The normalized spacial score (nSPS) is 15.8. The van der Waals surface area contributed by atoms with Gasteiger partial charge in [-0.15, -0.1) is 0 Å². The first-order valence-electron chi connectivity index (χ1n) is 6.74. The summed E-state index contributed by atoms with van der Waals surface area (Å²) in [4.78, 5) is 11.7. The molecule has 0 saturated carbocycles. The molecule has 0 aromatic heterocycles. The molecule has 102 valence electrons. The maximum atomic E-state index is 11.7. The molecule has 1 aliphatic carbocycles. The molecule has 20 heavy (non-hydrogen) atoms. The van der Waals surface area contributed by atoms with Crippen molar-refractivity contribution in [2.45, 2.75) is 18.8 Å². The number of hydrogen-bond acceptors (Lipinski definition) is 1. The molecule has 0 saturated heterocycles. The van der Waals surface area contributed by atoms with Gasteiger partial charge in [0.1, 0.15) is 5.92 Å². The van der Waals surface area contributed by atoms with Gasteiger partial charge in [0, 0.05) is 5.33 Å². The van der Waals surface area contributed by atoms with Crippen LogP contribution >= 0.6 is 15.9 Å². The highest BCUT2D eigenvalue weighted by Gasteiger charge is 2.35. The van der Waals surface area contributed by atoms with E-state index in [1.54, 1.807) is 0 Å². The molecule has 0 heterocycles. The van der Waals surface area contributed by atoms with E-state index in [1.807, 2.05) is 36.4 Å². The van der Waals surface area contributed by atoms with Gasteiger partial charge in [-0.25, -0.2) is 0 Å². The van der Waals surface area contributed by atoms with Crippen LogP contribution in [0, 0.1) is 0 Å². The Bertz CT molecular complexity index is 664. The van der Waals surface area contributed by atoms with Gasteiger partial charge in [-0.05, 0) is 40.7 Å². The third-order valence-corrected chi connectivity index (χ3v) is 4.43. The Labute approximate surface area is 126 Å². The second-order valence-corrected chi connectivity index (χ2v) is 5.82. The number of carboxylic acids is 1. The first kappa shape index (κ1) is 13.4. The summed E-state index contributed by atoms with van der Waals surface area (Å²) in [5.41, 5.74) is 5.21. The van der Waals surface area contributed by atoms with Crippen LogP contribution in [0.2, 0.25) is 0 Å². The fourth-order valence-electron chi connectivity index (χ4n) is 3.07. The monoisotopic (exact) mass is 330 g/mol. The molecule has 1 aliphatic rings. The van der Waals surface area contributed by atoms with Gasteiger partial charge in [0.15, 0.2) is 0 Å². The molecule has 1 atom stereocenters. The van der Waals surface area contributed by atoms with Crippen molar-refractivity contribution in [2.24, 2.45) is 0 Å². The molecular weight excluding hydrogens is 316 g/mol. The van der Waals surface area contributed by atoms with Crippen LogP contribution in [-0.4, -0.2) is 16.4 Å². The van der Waals surface area contributed by atoms with Crippen LogP contribution in [0.5, 0.6) is 0 Å². The molecule has 3 rings (SSSR count). The Morgan fingerprint density at radius 1 is 1.10 bits per heavy atom. The average Bonchev–Trinajstić information content (AvgIpc) is 2.80. The van der Waals surface area contributed by atoms with E-state index in [4.69, 9.17) is 0 Å². The maximum absolute atomic E-state index is 11.7. The second-order valence-electron chi connectivity index (χ2n) is 5.03. The minimum Gasteiger partial charge on any atom is -0.481 e. The summed E-state index contributed by atoms with van der Waals surface area (Å²) in [5.74, 6) is -1.28. The minimum absolute atomic E-state index is 0.521. The summed E-state index contributed by atoms with van der Waals surface area (Å²) in [6.45, 7) is 0. The minimum atomic E-state index is -0.762. The Kier molecular flexibility index (Phi) is 3.62. The summed E-state index contributed by atoms with van der Waals surface area (Å²) in [5, 5.41) is 10.6. The van der Waals surface area contributed by atoms with E-state index < -0.39 is 11.9 Å². The van der Waals surface area contributed by atoms with E-state index in [0.29, 0.717) is 0 Å². The molecule has 0 spiro atoms. The number of alkyl halides is 1. The van der Waals surface area contributed by atoms with E-state index in [9.17, 15) is 9.90 Å². The van der Waals surface area contributed by atoms with Gasteiger partial charge >= 0.3 is 5.97 Å². The van der Waals surface area contributed by atoms with Crippen LogP contribution in [-0.2, 0) is 11.2 Å². The first-order valence-corrected chi connectivity index (χ1v) is 7.86. The standard InChI is InChI=1S/C17H15BrO2/c18-10-4-6-11-5-3-9-13-12-7-1-2-8-14(12)16(15(11)13)17(19)20/h1-3,5,7-9,16H,4,6,10H2,(H,19,20). The van der Waals surface area contributed by atoms with Crippen molar-refractivity contribution in [1.82, 2.24) is 0 Å². The van der Waals surface area contributed by atoms with Crippen LogP contribution in [0.15, 0.2) is 42.5 Å². The molecule has 2 aromatic carbocycles. The van der Waals surface area contributed by atoms with Gasteiger partial charge in [0.25, 0.3) is 0 Å². The lowest BCUT2D eigenvalue weighted by Crippen LogP contribution is -2.12. The molecule has 0 amide bonds. The SMILES string of the molecule is O=C(O)C1c2ccccc2-c2cccc(CCCBr)c21. The lowest BCUT2D eigenvalue weighted by Gasteiger charge is -2.13. The highest BCUT2D eigenvalue weighted by atomic mass is 79.9. The van der Waals surface area contributed by atoms with Crippen LogP contribution in [0.3, 0.4) is 0 Å². The summed E-state index contributed by atoms with van der Waals surface area (Å²) in [7, 11) is 0. The first-order chi connectivity index (χ1) is 9.74. The van der Waals surface area contributed by atoms with Crippen molar-refractivity contribution in [1.29, 1.82) is 0 Å². The Hall–Kier alpha value is -1.61. The van der Waals surface area contributed by atoms with Gasteiger partial charge in [0.05, 0.1) is 0 Å². The largest absolute Gasteiger partial charge is 0.481 e. The number of carboxylic acid groups (broad SMARTS) is 1. The number of rotatable bonds is 4. The molecule has 0 radical (unpaired) electrons. The molecule has 0 aliphatic heterocycles. The summed E-state index contributed by atoms with van der Waals surface area (Å²) < 4.78 is 0. The van der Waals surface area contributed by atoms with Crippen LogP contribution in [0.4, 0.5) is 0 Å². The second kappa shape index (κ2) is 5.41. The molecule has 0 fully saturated rings. The number of benzene rings is 2. The van der Waals surface area contributed by atoms with Gasteiger partial charge in [-0.3, -0.25) is 4.79 Å². The van der Waals surface area contributed by atoms with Gasteiger partial charge < -0.3 is 5.11 Å². The predicted octanol–water partition coefficient (Wildman–Crippen LogP) is 4.21. The van der Waals surface area contributed by atoms with Crippen molar-refractivity contribution in [2.75, 3.05) is 5.33 Å². The third kappa shape index (κ3) is 2.06. The van der Waals surface area contributed by atoms with Crippen molar-refractivity contribution in [3.05, 3.63) is 59.2 Å². The molecule has 2 nitrogen and oxygen atoms in total. The zero-order chi connectivity index (χ0) is 14.1. The topological polar surface area (TPSA) is 37.3 Å². The van der Waals surface area contributed by atoms with Crippen molar-refractivity contribution in [3.63, 3.8) is 0 Å². The van der Waals surface area contributed by atoms with E-state index in [0.717, 1.165) is 46.0 Å². The van der Waals surface area contributed by atoms with Crippen LogP contribution < -0.4 is 0 Å². The highest BCUT2D eigenvalue weighted by molar-refractivity contribution is 9.09. The lowest BCUT2D eigenvalue weighted by atomic mass is 9.91. The molecule has 3 heteroatoms. The summed E-state index contributed by atoms with van der Waals surface area (Å²) in [6, 6.07) is 14.0. The average molecular weight is 331 g/mol. The number of carbonyl (C=O) groups is 1. The quantitative estimate of drug-likeness (QED) is 0.852. The highest BCUT2D eigenvalue weighted by Crippen LogP contribution is 2.46. The van der Waals surface area contributed by atoms with Crippen molar-refractivity contribution < 1.29 is 9.90 Å². The van der Waals surface area contributed by atoms with E-state index in [1.165, 1.54) is 0 Å². The Morgan fingerprint density at radius 2 is 1.85 bits per heavy atom. The van der Waals surface area contributed by atoms with E-state index in [2.05, 4.69) is 22.0 Å². The lowest BCUT2D eigenvalue weighted by molar-refractivity contribution is -0.137. The zero-order valence-electron chi connectivity index (χ0n) is 11.0.